The van der Waals surface area contributed by atoms with E-state index in [0.717, 1.165) is 32.5 Å². The van der Waals surface area contributed by atoms with Crippen molar-refractivity contribution in [3.63, 3.8) is 0 Å². The summed E-state index contributed by atoms with van der Waals surface area (Å²) < 4.78 is 0. The molecule has 118 valence electrons. The maximum Gasteiger partial charge on any atom is 0.220 e. The molecule has 0 fully saturated rings. The number of hydrogen-bond donors (Lipinski definition) is 2. The number of primary amides is 1. The molecule has 0 aliphatic rings. The summed E-state index contributed by atoms with van der Waals surface area (Å²) in [5.41, 5.74) is 5.17. The topological polar surface area (TPSA) is 75.4 Å². The number of nitrogens with two attached hydrogens (primary N) is 1. The highest BCUT2D eigenvalue weighted by molar-refractivity contribution is 5.79. The highest BCUT2D eigenvalue weighted by Gasteiger charge is 2.13. The second-order valence-corrected chi connectivity index (χ2v) is 5.48. The van der Waals surface area contributed by atoms with Crippen molar-refractivity contribution >= 4 is 11.8 Å². The molecule has 0 aromatic heterocycles. The maximum absolute atomic E-state index is 11.7. The van der Waals surface area contributed by atoms with Crippen molar-refractivity contribution in [2.45, 2.75) is 59.4 Å². The van der Waals surface area contributed by atoms with Crippen molar-refractivity contribution in [1.82, 2.24) is 10.2 Å². The van der Waals surface area contributed by atoms with E-state index in [2.05, 4.69) is 24.1 Å². The van der Waals surface area contributed by atoms with E-state index in [-0.39, 0.29) is 23.8 Å². The number of hydrogen-bond acceptors (Lipinski definition) is 3. The Kier molecular flexibility index (Phi) is 10.1. The molecule has 2 amide bonds. The molecule has 20 heavy (non-hydrogen) atoms. The molecule has 0 aliphatic carbocycles. The largest absolute Gasteiger partial charge is 0.369 e. The van der Waals surface area contributed by atoms with Crippen LogP contribution in [0.4, 0.5) is 0 Å². The SMILES string of the molecule is CCN(CC)CCC[C@H](C)NC(=O)CCC(C)C(N)=O. The molecular weight excluding hydrogens is 254 g/mol. The fraction of sp³-hybridized carbons (Fsp3) is 0.867. The van der Waals surface area contributed by atoms with Gasteiger partial charge < -0.3 is 16.0 Å². The Morgan fingerprint density at radius 3 is 2.25 bits per heavy atom. The van der Waals surface area contributed by atoms with Gasteiger partial charge >= 0.3 is 0 Å². The van der Waals surface area contributed by atoms with Crippen LogP contribution in [0.2, 0.25) is 0 Å². The summed E-state index contributed by atoms with van der Waals surface area (Å²) in [6.07, 6.45) is 2.95. The summed E-state index contributed by atoms with van der Waals surface area (Å²) in [5.74, 6) is -0.572. The van der Waals surface area contributed by atoms with E-state index >= 15 is 0 Å². The number of carbonyl (C=O) groups is 2. The molecule has 0 radical (unpaired) electrons. The first kappa shape index (κ1) is 18.9. The van der Waals surface area contributed by atoms with Gasteiger partial charge in [-0.25, -0.2) is 0 Å². The highest BCUT2D eigenvalue weighted by atomic mass is 16.2. The molecule has 3 N–H and O–H groups in total. The predicted octanol–water partition coefficient (Wildman–Crippen LogP) is 1.51. The van der Waals surface area contributed by atoms with E-state index in [1.54, 1.807) is 6.92 Å². The Balaban J connectivity index is 3.77. The molecule has 0 bridgehead atoms. The summed E-state index contributed by atoms with van der Waals surface area (Å²) in [6, 6.07) is 0.182. The van der Waals surface area contributed by atoms with E-state index in [0.29, 0.717) is 12.8 Å². The van der Waals surface area contributed by atoms with Crippen molar-refractivity contribution in [3.05, 3.63) is 0 Å². The third-order valence-corrected chi connectivity index (χ3v) is 3.70. The van der Waals surface area contributed by atoms with Crippen LogP contribution in [-0.4, -0.2) is 42.4 Å². The highest BCUT2D eigenvalue weighted by Crippen LogP contribution is 2.05. The molecule has 5 heteroatoms. The van der Waals surface area contributed by atoms with Gasteiger partial charge in [0.25, 0.3) is 0 Å². The summed E-state index contributed by atoms with van der Waals surface area (Å²) in [6.45, 7) is 11.3. The zero-order valence-corrected chi connectivity index (χ0v) is 13.4. The van der Waals surface area contributed by atoms with Crippen LogP contribution in [0.1, 0.15) is 53.4 Å². The third kappa shape index (κ3) is 8.91. The Morgan fingerprint density at radius 1 is 1.15 bits per heavy atom. The Bertz CT molecular complexity index is 291. The predicted molar refractivity (Wildman–Crippen MR) is 82.2 cm³/mol. The normalized spacial score (nSPS) is 14.1. The van der Waals surface area contributed by atoms with Gasteiger partial charge in [0.15, 0.2) is 0 Å². The average molecular weight is 285 g/mol. The van der Waals surface area contributed by atoms with Crippen LogP contribution in [0.15, 0.2) is 0 Å². The lowest BCUT2D eigenvalue weighted by Crippen LogP contribution is -2.34. The standard InChI is InChI=1S/C15H31N3O2/c1-5-18(6-2)11-7-8-13(4)17-14(19)10-9-12(3)15(16)20/h12-13H,5-11H2,1-4H3,(H2,16,20)(H,17,19)/t12?,13-/m0/s1. The quantitative estimate of drug-likeness (QED) is 0.604. The van der Waals surface area contributed by atoms with E-state index in [1.807, 2.05) is 6.92 Å². The number of nitrogens with one attached hydrogen (secondary N) is 1. The van der Waals surface area contributed by atoms with Crippen LogP contribution >= 0.6 is 0 Å². The van der Waals surface area contributed by atoms with Crippen LogP contribution in [0.25, 0.3) is 0 Å². The summed E-state index contributed by atoms with van der Waals surface area (Å²) >= 11 is 0. The van der Waals surface area contributed by atoms with Crippen LogP contribution in [0.5, 0.6) is 0 Å². The van der Waals surface area contributed by atoms with E-state index in [1.165, 1.54) is 0 Å². The maximum atomic E-state index is 11.7. The molecule has 0 aromatic rings. The fourth-order valence-electron chi connectivity index (χ4n) is 2.07. The number of rotatable bonds is 11. The third-order valence-electron chi connectivity index (χ3n) is 3.70. The first-order valence-electron chi connectivity index (χ1n) is 7.71. The average Bonchev–Trinajstić information content (AvgIpc) is 2.40. The zero-order chi connectivity index (χ0) is 15.5. The van der Waals surface area contributed by atoms with Crippen molar-refractivity contribution in [1.29, 1.82) is 0 Å². The van der Waals surface area contributed by atoms with Gasteiger partial charge in [-0.1, -0.05) is 20.8 Å². The van der Waals surface area contributed by atoms with Gasteiger partial charge in [0.05, 0.1) is 0 Å². The van der Waals surface area contributed by atoms with Gasteiger partial charge in [-0.2, -0.15) is 0 Å². The Hall–Kier alpha value is -1.10. The number of carbonyl (C=O) groups excluding carboxylic acids is 2. The second kappa shape index (κ2) is 10.7. The minimum atomic E-state index is -0.343. The molecule has 0 heterocycles. The first-order chi connectivity index (χ1) is 9.40. The van der Waals surface area contributed by atoms with Crippen molar-refractivity contribution in [2.75, 3.05) is 19.6 Å². The van der Waals surface area contributed by atoms with E-state index in [4.69, 9.17) is 5.73 Å². The monoisotopic (exact) mass is 285 g/mol. The second-order valence-electron chi connectivity index (χ2n) is 5.48. The molecule has 0 rings (SSSR count). The molecular formula is C15H31N3O2. The van der Waals surface area contributed by atoms with Gasteiger partial charge in [0, 0.05) is 18.4 Å². The Labute approximate surface area is 123 Å². The molecule has 0 saturated carbocycles. The molecule has 1 unspecified atom stereocenters. The number of nitrogens with zero attached hydrogens (tertiary/aromatic N) is 1. The molecule has 0 aliphatic heterocycles. The van der Waals surface area contributed by atoms with E-state index < -0.39 is 0 Å². The van der Waals surface area contributed by atoms with Gasteiger partial charge in [-0.05, 0) is 45.8 Å². The minimum Gasteiger partial charge on any atom is -0.369 e. The summed E-state index contributed by atoms with van der Waals surface area (Å²) in [5, 5.41) is 2.97. The van der Waals surface area contributed by atoms with Gasteiger partial charge in [0.2, 0.25) is 11.8 Å². The lowest BCUT2D eigenvalue weighted by atomic mass is 10.0. The molecule has 2 atom stereocenters. The molecule has 0 saturated heterocycles. The molecule has 5 nitrogen and oxygen atoms in total. The van der Waals surface area contributed by atoms with Crippen molar-refractivity contribution in [3.8, 4) is 0 Å². The van der Waals surface area contributed by atoms with Crippen molar-refractivity contribution < 1.29 is 9.59 Å². The first-order valence-corrected chi connectivity index (χ1v) is 7.71. The van der Waals surface area contributed by atoms with Crippen LogP contribution < -0.4 is 11.1 Å². The van der Waals surface area contributed by atoms with Crippen LogP contribution in [0, 0.1) is 5.92 Å². The molecule has 0 spiro atoms. The Morgan fingerprint density at radius 2 is 1.75 bits per heavy atom. The van der Waals surface area contributed by atoms with Gasteiger partial charge in [0.1, 0.15) is 0 Å². The number of amides is 2. The van der Waals surface area contributed by atoms with Gasteiger partial charge in [-0.15, -0.1) is 0 Å². The van der Waals surface area contributed by atoms with E-state index in [9.17, 15) is 9.59 Å². The lowest BCUT2D eigenvalue weighted by molar-refractivity contribution is -0.123. The summed E-state index contributed by atoms with van der Waals surface area (Å²) in [7, 11) is 0. The van der Waals surface area contributed by atoms with Crippen LogP contribution in [-0.2, 0) is 9.59 Å². The van der Waals surface area contributed by atoms with Gasteiger partial charge in [-0.3, -0.25) is 9.59 Å². The fourth-order valence-corrected chi connectivity index (χ4v) is 2.07. The summed E-state index contributed by atoms with van der Waals surface area (Å²) in [4.78, 5) is 25.0. The smallest absolute Gasteiger partial charge is 0.220 e. The van der Waals surface area contributed by atoms with Crippen molar-refractivity contribution in [2.24, 2.45) is 11.7 Å². The van der Waals surface area contributed by atoms with Crippen LogP contribution in [0.3, 0.4) is 0 Å². The lowest BCUT2D eigenvalue weighted by Gasteiger charge is -2.20. The molecule has 0 aromatic carbocycles. The minimum absolute atomic E-state index is 0.00781. The zero-order valence-electron chi connectivity index (χ0n) is 13.4.